The molecule has 14 nitrogen and oxygen atoms in total. The summed E-state index contributed by atoms with van der Waals surface area (Å²) in [6.45, 7) is 14.7. The topological polar surface area (TPSA) is 140 Å². The summed E-state index contributed by atoms with van der Waals surface area (Å²) < 4.78 is 66.5. The van der Waals surface area contributed by atoms with Gasteiger partial charge in [0, 0.05) is 25.7 Å². The van der Waals surface area contributed by atoms with Crippen LogP contribution in [0, 0.1) is 0 Å². The summed E-state index contributed by atoms with van der Waals surface area (Å²) in [5.74, 6) is 0.0496. The fourth-order valence-electron chi connectivity index (χ4n) is 6.30. The normalized spacial score (nSPS) is 12.2. The molecule has 3 rings (SSSR count). The summed E-state index contributed by atoms with van der Waals surface area (Å²) in [6, 6.07) is 16.6. The Balaban J connectivity index is 0.919. The molecular weight excluding hydrogens is 774 g/mol. The van der Waals surface area contributed by atoms with E-state index in [1.807, 2.05) is 24.3 Å². The van der Waals surface area contributed by atoms with E-state index >= 15 is 0 Å². The van der Waals surface area contributed by atoms with Crippen molar-refractivity contribution in [3.63, 3.8) is 0 Å². The summed E-state index contributed by atoms with van der Waals surface area (Å²) in [5.41, 5.74) is 4.81. The van der Waals surface area contributed by atoms with Gasteiger partial charge in [-0.3, -0.25) is 0 Å². The lowest BCUT2D eigenvalue weighted by Gasteiger charge is -2.14. The van der Waals surface area contributed by atoms with Crippen LogP contribution >= 0.6 is 0 Å². The highest BCUT2D eigenvalue weighted by molar-refractivity contribution is 5.79. The predicted octanol–water partition coefficient (Wildman–Crippen LogP) is 6.46. The molecular formula is C46H75NO13. The molecule has 0 aliphatic heterocycles. The molecule has 0 fully saturated rings. The second-order valence-corrected chi connectivity index (χ2v) is 14.1. The van der Waals surface area contributed by atoms with Crippen molar-refractivity contribution in [2.45, 2.75) is 57.8 Å². The van der Waals surface area contributed by atoms with Crippen LogP contribution in [0.4, 0.5) is 4.79 Å². The third kappa shape index (κ3) is 25.9. The molecule has 0 spiro atoms. The maximum absolute atomic E-state index is 12.3. The maximum Gasteiger partial charge on any atom is 0.407 e. The van der Waals surface area contributed by atoms with Crippen LogP contribution < -0.4 is 5.32 Å². The lowest BCUT2D eigenvalue weighted by atomic mass is 9.98. The van der Waals surface area contributed by atoms with Gasteiger partial charge in [0.15, 0.2) is 0 Å². The number of carbonyl (C=O) groups excluding carboxylic acids is 1. The van der Waals surface area contributed by atoms with Gasteiger partial charge in [-0.2, -0.15) is 0 Å². The van der Waals surface area contributed by atoms with Crippen LogP contribution in [0.15, 0.2) is 48.5 Å². The van der Waals surface area contributed by atoms with Crippen LogP contribution in [0.1, 0.15) is 68.9 Å². The van der Waals surface area contributed by atoms with Gasteiger partial charge in [0.1, 0.15) is 6.61 Å². The highest BCUT2D eigenvalue weighted by atomic mass is 16.6. The summed E-state index contributed by atoms with van der Waals surface area (Å²) in [5, 5.41) is 2.81. The summed E-state index contributed by atoms with van der Waals surface area (Å²) in [6.07, 6.45) is 7.93. The van der Waals surface area contributed by atoms with Crippen molar-refractivity contribution < 1.29 is 61.6 Å². The van der Waals surface area contributed by atoms with E-state index in [-0.39, 0.29) is 5.92 Å². The minimum atomic E-state index is -0.414. The number of amides is 1. The van der Waals surface area contributed by atoms with Crippen LogP contribution in [0.25, 0.3) is 11.1 Å². The smallest absolute Gasteiger partial charge is 0.407 e. The molecule has 0 unspecified atom stereocenters. The lowest BCUT2D eigenvalue weighted by Crippen LogP contribution is -2.27. The second-order valence-electron chi connectivity index (χ2n) is 14.1. The standard InChI is InChI=1S/C46H75NO13/c1-2-3-4-5-6-11-18-49-20-22-51-24-26-53-28-30-55-32-34-57-36-38-59-39-37-58-35-33-56-31-29-54-27-25-52-23-21-50-19-12-17-47-46(48)60-40-45-43-15-9-7-13-41(43)42-14-8-10-16-44(42)45/h7-10,13-16,45H,2-6,11-12,17-40H2,1H3,(H,47,48). The molecule has 1 N–H and O–H groups in total. The van der Waals surface area contributed by atoms with Gasteiger partial charge in [0.05, 0.1) is 132 Å². The molecule has 0 heterocycles. The molecule has 0 aromatic heterocycles. The fourth-order valence-corrected chi connectivity index (χ4v) is 6.30. The zero-order chi connectivity index (χ0) is 42.2. The average Bonchev–Trinajstić information content (AvgIpc) is 3.59. The maximum atomic E-state index is 12.3. The third-order valence-corrected chi connectivity index (χ3v) is 9.44. The van der Waals surface area contributed by atoms with E-state index in [1.54, 1.807) is 0 Å². The van der Waals surface area contributed by atoms with Crippen molar-refractivity contribution in [1.29, 1.82) is 0 Å². The second kappa shape index (κ2) is 38.0. The Kier molecular flexibility index (Phi) is 32.7. The SMILES string of the molecule is CCCCCCCCOCCOCCOCCOCCOCCOCCOCCOCCOCCOCCOCCCNC(=O)OCC1c2ccccc2-c2ccccc21. The Hall–Kier alpha value is -2.73. The van der Waals surface area contributed by atoms with Crippen molar-refractivity contribution >= 4 is 6.09 Å². The van der Waals surface area contributed by atoms with Crippen LogP contribution in [0.2, 0.25) is 0 Å². The first-order valence-corrected chi connectivity index (χ1v) is 22.2. The quantitative estimate of drug-likeness (QED) is 0.0732. The molecule has 0 atom stereocenters. The van der Waals surface area contributed by atoms with Crippen LogP contribution in [0.3, 0.4) is 0 Å². The molecule has 0 saturated heterocycles. The summed E-state index contributed by atoms with van der Waals surface area (Å²) >= 11 is 0. The number of fused-ring (bicyclic) bond motifs is 3. The molecule has 342 valence electrons. The molecule has 0 bridgehead atoms. The Morgan fingerprint density at radius 2 is 0.733 bits per heavy atom. The fraction of sp³-hybridized carbons (Fsp3) is 0.717. The van der Waals surface area contributed by atoms with Crippen LogP contribution in [-0.4, -0.2) is 165 Å². The first-order chi connectivity index (χ1) is 29.8. The number of unbranched alkanes of at least 4 members (excludes halogenated alkanes) is 5. The van der Waals surface area contributed by atoms with Crippen molar-refractivity contribution in [2.24, 2.45) is 0 Å². The van der Waals surface area contributed by atoms with E-state index in [2.05, 4.69) is 36.5 Å². The Morgan fingerprint density at radius 3 is 1.12 bits per heavy atom. The predicted molar refractivity (Wildman–Crippen MR) is 230 cm³/mol. The van der Waals surface area contributed by atoms with E-state index < -0.39 is 6.09 Å². The van der Waals surface area contributed by atoms with Gasteiger partial charge in [-0.05, 0) is 35.1 Å². The van der Waals surface area contributed by atoms with Gasteiger partial charge in [0.2, 0.25) is 0 Å². The molecule has 0 radical (unpaired) electrons. The number of rotatable bonds is 43. The van der Waals surface area contributed by atoms with Gasteiger partial charge in [-0.1, -0.05) is 87.6 Å². The zero-order valence-electron chi connectivity index (χ0n) is 36.4. The van der Waals surface area contributed by atoms with E-state index in [0.717, 1.165) is 13.0 Å². The minimum absolute atomic E-state index is 0.0496. The number of hydrogen-bond donors (Lipinski definition) is 1. The van der Waals surface area contributed by atoms with E-state index in [4.69, 9.17) is 56.8 Å². The molecule has 2 aromatic rings. The first kappa shape index (κ1) is 51.6. The Morgan fingerprint density at radius 1 is 0.417 bits per heavy atom. The van der Waals surface area contributed by atoms with Gasteiger partial charge in [-0.15, -0.1) is 0 Å². The third-order valence-electron chi connectivity index (χ3n) is 9.44. The summed E-state index contributed by atoms with van der Waals surface area (Å²) in [7, 11) is 0. The number of nitrogens with one attached hydrogen (secondary N) is 1. The highest BCUT2D eigenvalue weighted by Gasteiger charge is 2.29. The highest BCUT2D eigenvalue weighted by Crippen LogP contribution is 2.44. The molecule has 60 heavy (non-hydrogen) atoms. The van der Waals surface area contributed by atoms with Crippen LogP contribution in [0.5, 0.6) is 0 Å². The summed E-state index contributed by atoms with van der Waals surface area (Å²) in [4.78, 5) is 12.3. The Bertz CT molecular complexity index is 1240. The van der Waals surface area contributed by atoms with Crippen LogP contribution in [-0.2, 0) is 56.8 Å². The first-order valence-electron chi connectivity index (χ1n) is 22.2. The molecule has 1 amide bonds. The van der Waals surface area contributed by atoms with E-state index in [0.29, 0.717) is 158 Å². The lowest BCUT2D eigenvalue weighted by molar-refractivity contribution is -0.0275. The van der Waals surface area contributed by atoms with Gasteiger partial charge in [-0.25, -0.2) is 4.79 Å². The molecule has 0 saturated carbocycles. The average molecular weight is 850 g/mol. The van der Waals surface area contributed by atoms with Gasteiger partial charge in [0.25, 0.3) is 0 Å². The zero-order valence-corrected chi connectivity index (χ0v) is 36.4. The number of benzene rings is 2. The molecule has 1 aliphatic rings. The van der Waals surface area contributed by atoms with E-state index in [1.165, 1.54) is 54.4 Å². The number of ether oxygens (including phenoxy) is 12. The number of alkyl carbamates (subject to hydrolysis) is 1. The van der Waals surface area contributed by atoms with Gasteiger partial charge >= 0.3 is 6.09 Å². The van der Waals surface area contributed by atoms with E-state index in [9.17, 15) is 4.79 Å². The number of carbonyl (C=O) groups is 1. The van der Waals surface area contributed by atoms with Crippen molar-refractivity contribution in [3.8, 4) is 11.1 Å². The van der Waals surface area contributed by atoms with Gasteiger partial charge < -0.3 is 62.2 Å². The van der Waals surface area contributed by atoms with Crippen molar-refractivity contribution in [2.75, 3.05) is 159 Å². The Labute approximate surface area is 359 Å². The monoisotopic (exact) mass is 850 g/mol. The number of hydrogen-bond acceptors (Lipinski definition) is 13. The molecule has 14 heteroatoms. The van der Waals surface area contributed by atoms with Crippen molar-refractivity contribution in [3.05, 3.63) is 59.7 Å². The minimum Gasteiger partial charge on any atom is -0.449 e. The van der Waals surface area contributed by atoms with Crippen molar-refractivity contribution in [1.82, 2.24) is 5.32 Å². The largest absolute Gasteiger partial charge is 0.449 e. The molecule has 1 aliphatic carbocycles. The molecule has 2 aromatic carbocycles.